The SMILES string of the molecule is Cc1noc(C2CN(C(=O)C(C)(O)CCc3ccccc3)C2)n1. The summed E-state index contributed by atoms with van der Waals surface area (Å²) in [4.78, 5) is 18.3. The Hall–Kier alpha value is -2.21. The minimum atomic E-state index is -1.36. The van der Waals surface area contributed by atoms with Crippen molar-refractivity contribution < 1.29 is 14.4 Å². The molecule has 0 radical (unpaired) electrons. The highest BCUT2D eigenvalue weighted by molar-refractivity contribution is 5.85. The Labute approximate surface area is 135 Å². The van der Waals surface area contributed by atoms with E-state index in [0.717, 1.165) is 5.56 Å². The van der Waals surface area contributed by atoms with Crippen molar-refractivity contribution in [3.05, 3.63) is 47.6 Å². The zero-order valence-electron chi connectivity index (χ0n) is 13.4. The van der Waals surface area contributed by atoms with Gasteiger partial charge in [-0.3, -0.25) is 4.79 Å². The van der Waals surface area contributed by atoms with Crippen molar-refractivity contribution in [2.75, 3.05) is 13.1 Å². The minimum Gasteiger partial charge on any atom is -0.380 e. The number of rotatable bonds is 5. The summed E-state index contributed by atoms with van der Waals surface area (Å²) >= 11 is 0. The fourth-order valence-corrected chi connectivity index (χ4v) is 2.76. The van der Waals surface area contributed by atoms with Gasteiger partial charge >= 0.3 is 0 Å². The molecule has 0 spiro atoms. The Morgan fingerprint density at radius 2 is 2.09 bits per heavy atom. The maximum atomic E-state index is 12.5. The molecule has 1 aromatic carbocycles. The molecule has 1 N–H and O–H groups in total. The Morgan fingerprint density at radius 3 is 2.70 bits per heavy atom. The van der Waals surface area contributed by atoms with Crippen molar-refractivity contribution in [2.45, 2.75) is 38.2 Å². The van der Waals surface area contributed by atoms with E-state index in [9.17, 15) is 9.90 Å². The van der Waals surface area contributed by atoms with Crippen molar-refractivity contribution in [2.24, 2.45) is 0 Å². The predicted octanol–water partition coefficient (Wildman–Crippen LogP) is 1.69. The number of hydrogen-bond acceptors (Lipinski definition) is 5. The number of carbonyl (C=O) groups excluding carboxylic acids is 1. The van der Waals surface area contributed by atoms with E-state index < -0.39 is 5.60 Å². The zero-order chi connectivity index (χ0) is 16.4. The van der Waals surface area contributed by atoms with E-state index in [1.54, 1.807) is 18.7 Å². The lowest BCUT2D eigenvalue weighted by Crippen LogP contribution is -2.56. The summed E-state index contributed by atoms with van der Waals surface area (Å²) < 4.78 is 5.13. The Morgan fingerprint density at radius 1 is 1.39 bits per heavy atom. The van der Waals surface area contributed by atoms with E-state index in [0.29, 0.717) is 37.6 Å². The molecule has 6 heteroatoms. The van der Waals surface area contributed by atoms with Gasteiger partial charge in [0, 0.05) is 13.1 Å². The smallest absolute Gasteiger partial charge is 0.254 e. The average molecular weight is 315 g/mol. The molecule has 1 unspecified atom stereocenters. The van der Waals surface area contributed by atoms with Crippen molar-refractivity contribution in [3.63, 3.8) is 0 Å². The quantitative estimate of drug-likeness (QED) is 0.908. The molecule has 2 aromatic rings. The van der Waals surface area contributed by atoms with Gasteiger partial charge in [0.1, 0.15) is 5.60 Å². The van der Waals surface area contributed by atoms with Crippen LogP contribution in [0.15, 0.2) is 34.9 Å². The molecule has 122 valence electrons. The number of likely N-dealkylation sites (tertiary alicyclic amines) is 1. The number of nitrogens with zero attached hydrogens (tertiary/aromatic N) is 3. The first kappa shape index (κ1) is 15.7. The highest BCUT2D eigenvalue weighted by atomic mass is 16.5. The number of hydrogen-bond donors (Lipinski definition) is 1. The van der Waals surface area contributed by atoms with Crippen LogP contribution in [-0.4, -0.2) is 44.7 Å². The number of amides is 1. The normalized spacial score (nSPS) is 17.6. The highest BCUT2D eigenvalue weighted by Crippen LogP contribution is 2.29. The Bertz CT molecular complexity index is 675. The molecule has 6 nitrogen and oxygen atoms in total. The molecule has 0 bridgehead atoms. The standard InChI is InChI=1S/C17H21N3O3/c1-12-18-15(23-19-12)14-10-20(11-14)16(21)17(2,22)9-8-13-6-4-3-5-7-13/h3-7,14,22H,8-11H2,1-2H3. The van der Waals surface area contributed by atoms with Gasteiger partial charge in [-0.25, -0.2) is 0 Å². The molecule has 1 fully saturated rings. The summed E-state index contributed by atoms with van der Waals surface area (Å²) in [6, 6.07) is 9.86. The zero-order valence-corrected chi connectivity index (χ0v) is 13.4. The van der Waals surface area contributed by atoms with E-state index in [1.165, 1.54) is 0 Å². The Balaban J connectivity index is 1.53. The van der Waals surface area contributed by atoms with Gasteiger partial charge in [-0.05, 0) is 32.3 Å². The van der Waals surface area contributed by atoms with E-state index in [2.05, 4.69) is 10.1 Å². The summed E-state index contributed by atoms with van der Waals surface area (Å²) in [6.07, 6.45) is 1.07. The molecule has 1 atom stereocenters. The monoisotopic (exact) mass is 315 g/mol. The van der Waals surface area contributed by atoms with E-state index in [1.807, 2.05) is 30.3 Å². The van der Waals surface area contributed by atoms with E-state index in [4.69, 9.17) is 4.52 Å². The molecule has 1 aromatic heterocycles. The summed E-state index contributed by atoms with van der Waals surface area (Å²) in [5.41, 5.74) is -0.241. The van der Waals surface area contributed by atoms with Crippen LogP contribution >= 0.6 is 0 Å². The maximum absolute atomic E-state index is 12.5. The summed E-state index contributed by atoms with van der Waals surface area (Å²) in [7, 11) is 0. The molecular weight excluding hydrogens is 294 g/mol. The van der Waals surface area contributed by atoms with E-state index in [-0.39, 0.29) is 11.8 Å². The number of aromatic nitrogens is 2. The lowest BCUT2D eigenvalue weighted by atomic mass is 9.91. The van der Waals surface area contributed by atoms with Crippen molar-refractivity contribution in [3.8, 4) is 0 Å². The second-order valence-electron chi connectivity index (χ2n) is 6.35. The van der Waals surface area contributed by atoms with Gasteiger partial charge in [-0.15, -0.1) is 0 Å². The van der Waals surface area contributed by atoms with E-state index >= 15 is 0 Å². The summed E-state index contributed by atoms with van der Waals surface area (Å²) in [6.45, 7) is 4.38. The van der Waals surface area contributed by atoms with Crippen molar-refractivity contribution >= 4 is 5.91 Å². The van der Waals surface area contributed by atoms with Crippen molar-refractivity contribution in [1.82, 2.24) is 15.0 Å². The average Bonchev–Trinajstić information content (AvgIpc) is 2.91. The van der Waals surface area contributed by atoms with Crippen LogP contribution in [0.2, 0.25) is 0 Å². The van der Waals surface area contributed by atoms with Crippen LogP contribution in [0.3, 0.4) is 0 Å². The highest BCUT2D eigenvalue weighted by Gasteiger charge is 2.42. The first-order valence-corrected chi connectivity index (χ1v) is 7.81. The van der Waals surface area contributed by atoms with Crippen LogP contribution in [-0.2, 0) is 11.2 Å². The van der Waals surface area contributed by atoms with Gasteiger partial charge in [0.05, 0.1) is 5.92 Å². The van der Waals surface area contributed by atoms with Gasteiger partial charge in [-0.1, -0.05) is 35.5 Å². The number of benzene rings is 1. The first-order valence-electron chi connectivity index (χ1n) is 7.81. The van der Waals surface area contributed by atoms with Gasteiger partial charge in [0.15, 0.2) is 5.82 Å². The molecule has 1 aliphatic heterocycles. The lowest BCUT2D eigenvalue weighted by molar-refractivity contribution is -0.155. The fraction of sp³-hybridized carbons (Fsp3) is 0.471. The number of carbonyl (C=O) groups is 1. The second-order valence-corrected chi connectivity index (χ2v) is 6.35. The molecular formula is C17H21N3O3. The second kappa shape index (κ2) is 6.12. The molecule has 1 amide bonds. The molecule has 1 aliphatic rings. The van der Waals surface area contributed by atoms with Crippen LogP contribution < -0.4 is 0 Å². The Kier molecular flexibility index (Phi) is 4.17. The lowest BCUT2D eigenvalue weighted by Gasteiger charge is -2.41. The maximum Gasteiger partial charge on any atom is 0.254 e. The largest absolute Gasteiger partial charge is 0.380 e. The molecule has 0 saturated carbocycles. The predicted molar refractivity (Wildman–Crippen MR) is 83.7 cm³/mol. The third-order valence-electron chi connectivity index (χ3n) is 4.27. The van der Waals surface area contributed by atoms with Crippen LogP contribution in [0.5, 0.6) is 0 Å². The van der Waals surface area contributed by atoms with Crippen LogP contribution in [0.25, 0.3) is 0 Å². The van der Waals surface area contributed by atoms with Crippen LogP contribution in [0.4, 0.5) is 0 Å². The molecule has 2 heterocycles. The fourth-order valence-electron chi connectivity index (χ4n) is 2.76. The molecule has 1 saturated heterocycles. The summed E-state index contributed by atoms with van der Waals surface area (Å²) in [5, 5.41) is 14.3. The van der Waals surface area contributed by atoms with Crippen molar-refractivity contribution in [1.29, 1.82) is 0 Å². The van der Waals surface area contributed by atoms with Gasteiger partial charge in [0.25, 0.3) is 5.91 Å². The van der Waals surface area contributed by atoms with Gasteiger partial charge in [0.2, 0.25) is 5.89 Å². The topological polar surface area (TPSA) is 79.5 Å². The molecule has 3 rings (SSSR count). The van der Waals surface area contributed by atoms with Crippen LogP contribution in [0.1, 0.15) is 36.5 Å². The van der Waals surface area contributed by atoms with Gasteiger partial charge in [-0.2, -0.15) is 4.98 Å². The minimum absolute atomic E-state index is 0.0741. The number of aliphatic hydroxyl groups is 1. The first-order chi connectivity index (χ1) is 11.0. The molecule has 23 heavy (non-hydrogen) atoms. The van der Waals surface area contributed by atoms with Gasteiger partial charge < -0.3 is 14.5 Å². The third kappa shape index (κ3) is 3.42. The third-order valence-corrected chi connectivity index (χ3v) is 4.27. The number of aryl methyl sites for hydroxylation is 2. The summed E-state index contributed by atoms with van der Waals surface area (Å²) in [5.74, 6) is 1.00. The molecule has 0 aliphatic carbocycles. The van der Waals surface area contributed by atoms with Crippen LogP contribution in [0, 0.1) is 6.92 Å².